The van der Waals surface area contributed by atoms with E-state index in [1.807, 2.05) is 24.3 Å². The molecule has 0 radical (unpaired) electrons. The minimum Gasteiger partial charge on any atom is -0.466 e. The van der Waals surface area contributed by atoms with E-state index in [-0.39, 0.29) is 24.6 Å². The Bertz CT molecular complexity index is 401. The maximum absolute atomic E-state index is 11.6. The summed E-state index contributed by atoms with van der Waals surface area (Å²) in [5, 5.41) is 0. The molecule has 0 amide bonds. The molecule has 0 aliphatic heterocycles. The summed E-state index contributed by atoms with van der Waals surface area (Å²) in [6.07, 6.45) is 0.748. The number of Topliss-reactive ketones (excluding diaryl/α,β-unsaturated/α-hetero) is 1. The largest absolute Gasteiger partial charge is 0.466 e. The number of ether oxygens (including phenoxy) is 1. The molecule has 4 heteroatoms. The topological polar surface area (TPSA) is 43.4 Å². The fourth-order valence-corrected chi connectivity index (χ4v) is 1.84. The molecular weight excluding hydrogens is 284 g/mol. The Morgan fingerprint density at radius 3 is 2.59 bits per heavy atom. The molecule has 0 atom stereocenters. The molecule has 0 N–H and O–H groups in total. The lowest BCUT2D eigenvalue weighted by Gasteiger charge is -2.04. The molecule has 92 valence electrons. The predicted molar refractivity (Wildman–Crippen MR) is 68.7 cm³/mol. The number of hydrogen-bond donors (Lipinski definition) is 0. The third kappa shape index (κ3) is 5.13. The van der Waals surface area contributed by atoms with Crippen molar-refractivity contribution in [3.8, 4) is 0 Å². The van der Waals surface area contributed by atoms with Crippen LogP contribution in [0, 0.1) is 0 Å². The van der Waals surface area contributed by atoms with Gasteiger partial charge in [-0.1, -0.05) is 34.1 Å². The molecule has 0 saturated heterocycles. The van der Waals surface area contributed by atoms with Crippen LogP contribution in [0.3, 0.4) is 0 Å². The molecule has 1 aromatic carbocycles. The van der Waals surface area contributed by atoms with Crippen LogP contribution in [0.15, 0.2) is 28.7 Å². The summed E-state index contributed by atoms with van der Waals surface area (Å²) in [6, 6.07) is 7.58. The van der Waals surface area contributed by atoms with E-state index in [9.17, 15) is 9.59 Å². The Morgan fingerprint density at radius 1 is 1.24 bits per heavy atom. The van der Waals surface area contributed by atoms with E-state index in [0.29, 0.717) is 13.0 Å². The Kier molecular flexibility index (Phi) is 5.91. The van der Waals surface area contributed by atoms with Gasteiger partial charge in [0.1, 0.15) is 5.78 Å². The molecule has 0 aliphatic rings. The molecule has 0 aromatic heterocycles. The smallest absolute Gasteiger partial charge is 0.306 e. The molecular formula is C13H15BrO3. The van der Waals surface area contributed by atoms with Gasteiger partial charge in [-0.15, -0.1) is 0 Å². The van der Waals surface area contributed by atoms with Crippen molar-refractivity contribution in [1.29, 1.82) is 0 Å². The number of carbonyl (C=O) groups excluding carboxylic acids is 2. The predicted octanol–water partition coefficient (Wildman–Crippen LogP) is 2.90. The van der Waals surface area contributed by atoms with Gasteiger partial charge in [-0.05, 0) is 18.6 Å². The Hall–Kier alpha value is -1.16. The van der Waals surface area contributed by atoms with E-state index in [1.165, 1.54) is 0 Å². The summed E-state index contributed by atoms with van der Waals surface area (Å²) in [4.78, 5) is 22.7. The van der Waals surface area contributed by atoms with Crippen molar-refractivity contribution in [2.45, 2.75) is 26.2 Å². The number of rotatable bonds is 6. The van der Waals surface area contributed by atoms with Crippen LogP contribution in [-0.2, 0) is 20.7 Å². The Balaban J connectivity index is 2.40. The number of ketones is 1. The molecule has 0 heterocycles. The van der Waals surface area contributed by atoms with Crippen molar-refractivity contribution in [3.05, 3.63) is 34.3 Å². The van der Waals surface area contributed by atoms with Crippen LogP contribution in [0.4, 0.5) is 0 Å². The van der Waals surface area contributed by atoms with Crippen LogP contribution in [0.25, 0.3) is 0 Å². The summed E-state index contributed by atoms with van der Waals surface area (Å²) in [6.45, 7) is 2.11. The van der Waals surface area contributed by atoms with Crippen LogP contribution < -0.4 is 0 Å². The first-order chi connectivity index (χ1) is 8.13. The maximum atomic E-state index is 11.6. The first-order valence-electron chi connectivity index (χ1n) is 5.54. The highest BCUT2D eigenvalue weighted by Crippen LogP contribution is 2.17. The van der Waals surface area contributed by atoms with Gasteiger partial charge in [-0.3, -0.25) is 9.59 Å². The summed E-state index contributed by atoms with van der Waals surface area (Å²) >= 11 is 3.39. The molecule has 0 unspecified atom stereocenters. The van der Waals surface area contributed by atoms with Gasteiger partial charge in [0.05, 0.1) is 13.0 Å². The second kappa shape index (κ2) is 7.22. The van der Waals surface area contributed by atoms with Crippen molar-refractivity contribution in [2.75, 3.05) is 6.61 Å². The molecule has 1 rings (SSSR count). The van der Waals surface area contributed by atoms with Crippen LogP contribution in [0.5, 0.6) is 0 Å². The van der Waals surface area contributed by atoms with E-state index in [2.05, 4.69) is 15.9 Å². The molecule has 0 aliphatic carbocycles. The quantitative estimate of drug-likeness (QED) is 0.759. The lowest BCUT2D eigenvalue weighted by molar-refractivity contribution is -0.144. The molecule has 0 saturated carbocycles. The number of halogens is 1. The highest BCUT2D eigenvalue weighted by atomic mass is 79.9. The van der Waals surface area contributed by atoms with E-state index < -0.39 is 0 Å². The van der Waals surface area contributed by atoms with Gasteiger partial charge < -0.3 is 4.74 Å². The van der Waals surface area contributed by atoms with Crippen molar-refractivity contribution in [2.24, 2.45) is 0 Å². The van der Waals surface area contributed by atoms with Crippen molar-refractivity contribution >= 4 is 27.7 Å². The molecule has 3 nitrogen and oxygen atoms in total. The molecule has 0 bridgehead atoms. The van der Waals surface area contributed by atoms with Crippen LogP contribution in [-0.4, -0.2) is 18.4 Å². The molecule has 17 heavy (non-hydrogen) atoms. The van der Waals surface area contributed by atoms with Gasteiger partial charge in [0.15, 0.2) is 0 Å². The Labute approximate surface area is 109 Å². The van der Waals surface area contributed by atoms with E-state index >= 15 is 0 Å². The molecule has 0 fully saturated rings. The summed E-state index contributed by atoms with van der Waals surface area (Å²) in [5.41, 5.74) is 0.946. The SMILES string of the molecule is CCOC(=O)CCC(=O)Cc1ccccc1Br. The number of benzene rings is 1. The lowest BCUT2D eigenvalue weighted by Crippen LogP contribution is -2.09. The Morgan fingerprint density at radius 2 is 1.94 bits per heavy atom. The van der Waals surface area contributed by atoms with Crippen LogP contribution in [0.1, 0.15) is 25.3 Å². The van der Waals surface area contributed by atoms with Gasteiger partial charge in [-0.25, -0.2) is 0 Å². The first-order valence-corrected chi connectivity index (χ1v) is 6.33. The monoisotopic (exact) mass is 298 g/mol. The van der Waals surface area contributed by atoms with Gasteiger partial charge in [-0.2, -0.15) is 0 Å². The van der Waals surface area contributed by atoms with E-state index in [4.69, 9.17) is 4.74 Å². The van der Waals surface area contributed by atoms with Gasteiger partial charge in [0, 0.05) is 17.3 Å². The normalized spacial score (nSPS) is 10.0. The van der Waals surface area contributed by atoms with Crippen molar-refractivity contribution in [3.63, 3.8) is 0 Å². The fourth-order valence-electron chi connectivity index (χ4n) is 1.42. The number of hydrogen-bond acceptors (Lipinski definition) is 3. The lowest BCUT2D eigenvalue weighted by atomic mass is 10.1. The van der Waals surface area contributed by atoms with Crippen LogP contribution >= 0.6 is 15.9 Å². The van der Waals surface area contributed by atoms with E-state index in [0.717, 1.165) is 10.0 Å². The average molecular weight is 299 g/mol. The van der Waals surface area contributed by atoms with Gasteiger partial charge in [0.25, 0.3) is 0 Å². The number of esters is 1. The minimum absolute atomic E-state index is 0.0463. The zero-order valence-corrected chi connectivity index (χ0v) is 11.3. The first kappa shape index (κ1) is 13.9. The molecule has 1 aromatic rings. The second-order valence-corrected chi connectivity index (χ2v) is 4.47. The highest BCUT2D eigenvalue weighted by Gasteiger charge is 2.09. The van der Waals surface area contributed by atoms with Crippen molar-refractivity contribution in [1.82, 2.24) is 0 Å². The standard InChI is InChI=1S/C13H15BrO3/c1-2-17-13(16)8-7-11(15)9-10-5-3-4-6-12(10)14/h3-6H,2,7-9H2,1H3. The molecule has 0 spiro atoms. The van der Waals surface area contributed by atoms with E-state index in [1.54, 1.807) is 6.92 Å². The zero-order chi connectivity index (χ0) is 12.7. The third-order valence-corrected chi connectivity index (χ3v) is 3.03. The van der Waals surface area contributed by atoms with Gasteiger partial charge >= 0.3 is 5.97 Å². The van der Waals surface area contributed by atoms with Crippen LogP contribution in [0.2, 0.25) is 0 Å². The summed E-state index contributed by atoms with van der Waals surface area (Å²) in [5.74, 6) is -0.266. The summed E-state index contributed by atoms with van der Waals surface area (Å²) < 4.78 is 5.69. The maximum Gasteiger partial charge on any atom is 0.306 e. The minimum atomic E-state index is -0.312. The number of carbonyl (C=O) groups is 2. The third-order valence-electron chi connectivity index (χ3n) is 2.26. The zero-order valence-electron chi connectivity index (χ0n) is 9.74. The summed E-state index contributed by atoms with van der Waals surface area (Å²) in [7, 11) is 0. The van der Waals surface area contributed by atoms with Gasteiger partial charge in [0.2, 0.25) is 0 Å². The second-order valence-electron chi connectivity index (χ2n) is 3.61. The highest BCUT2D eigenvalue weighted by molar-refractivity contribution is 9.10. The average Bonchev–Trinajstić information content (AvgIpc) is 2.30. The fraction of sp³-hybridized carbons (Fsp3) is 0.385. The van der Waals surface area contributed by atoms with Crippen molar-refractivity contribution < 1.29 is 14.3 Å².